The van der Waals surface area contributed by atoms with Gasteiger partial charge in [-0.15, -0.1) is 0 Å². The number of hydrogen-bond acceptors (Lipinski definition) is 2. The molecule has 20 heavy (non-hydrogen) atoms. The molecule has 3 rings (SSSR count). The predicted molar refractivity (Wildman–Crippen MR) is 82.8 cm³/mol. The van der Waals surface area contributed by atoms with Gasteiger partial charge in [-0.05, 0) is 54.7 Å². The van der Waals surface area contributed by atoms with E-state index in [9.17, 15) is 5.11 Å². The van der Waals surface area contributed by atoms with Crippen molar-refractivity contribution < 1.29 is 5.11 Å². The van der Waals surface area contributed by atoms with Gasteiger partial charge in [0.2, 0.25) is 0 Å². The van der Waals surface area contributed by atoms with E-state index in [1.54, 1.807) is 5.56 Å². The quantitative estimate of drug-likeness (QED) is 0.883. The molecule has 2 atom stereocenters. The fourth-order valence-corrected chi connectivity index (χ4v) is 4.04. The molecule has 1 fully saturated rings. The number of fused-ring (bicyclic) bond motifs is 1. The molecule has 1 saturated carbocycles. The molecule has 2 nitrogen and oxygen atoms in total. The van der Waals surface area contributed by atoms with Crippen molar-refractivity contribution in [2.75, 3.05) is 6.61 Å². The third-order valence-corrected chi connectivity index (χ3v) is 5.22. The number of aliphatic hydroxyl groups is 1. The van der Waals surface area contributed by atoms with Crippen LogP contribution in [0.1, 0.15) is 55.7 Å². The molecule has 1 aromatic carbocycles. The van der Waals surface area contributed by atoms with E-state index >= 15 is 0 Å². The van der Waals surface area contributed by atoms with E-state index in [1.165, 1.54) is 43.2 Å². The monoisotopic (exact) mass is 273 g/mol. The Morgan fingerprint density at radius 1 is 1.25 bits per heavy atom. The number of aryl methyl sites for hydroxylation is 2. The van der Waals surface area contributed by atoms with Crippen LogP contribution in [0, 0.1) is 5.92 Å². The summed E-state index contributed by atoms with van der Waals surface area (Å²) in [5.74, 6) is 0.725. The summed E-state index contributed by atoms with van der Waals surface area (Å²) in [6.07, 6.45) is 8.56. The largest absolute Gasteiger partial charge is 0.394 e. The maximum absolute atomic E-state index is 9.83. The summed E-state index contributed by atoms with van der Waals surface area (Å²) in [5, 5.41) is 13.5. The average Bonchev–Trinajstić information content (AvgIpc) is 2.93. The van der Waals surface area contributed by atoms with E-state index in [4.69, 9.17) is 0 Å². The van der Waals surface area contributed by atoms with E-state index < -0.39 is 0 Å². The van der Waals surface area contributed by atoms with Crippen molar-refractivity contribution in [2.45, 2.75) is 64.0 Å². The Bertz CT molecular complexity index is 470. The number of rotatable bonds is 4. The molecule has 2 aliphatic rings. The summed E-state index contributed by atoms with van der Waals surface area (Å²) in [7, 11) is 0. The third kappa shape index (κ3) is 2.91. The average molecular weight is 273 g/mol. The highest BCUT2D eigenvalue weighted by Gasteiger charge is 2.33. The zero-order chi connectivity index (χ0) is 14.0. The molecule has 0 aliphatic heterocycles. The minimum absolute atomic E-state index is 0.0450. The summed E-state index contributed by atoms with van der Waals surface area (Å²) in [6.45, 7) is 3.46. The van der Waals surface area contributed by atoms with Crippen LogP contribution in [0.4, 0.5) is 0 Å². The Labute approximate surface area is 122 Å². The lowest BCUT2D eigenvalue weighted by molar-refractivity contribution is 0.0982. The second-order valence-electron chi connectivity index (χ2n) is 6.95. The van der Waals surface area contributed by atoms with Gasteiger partial charge in [-0.25, -0.2) is 0 Å². The van der Waals surface area contributed by atoms with Crippen LogP contribution in [-0.2, 0) is 19.4 Å². The maximum Gasteiger partial charge on any atom is 0.0613 e. The lowest BCUT2D eigenvalue weighted by Gasteiger charge is -2.39. The highest BCUT2D eigenvalue weighted by Crippen LogP contribution is 2.32. The summed E-state index contributed by atoms with van der Waals surface area (Å²) < 4.78 is 0. The Morgan fingerprint density at radius 3 is 2.90 bits per heavy atom. The standard InChI is InChI=1S/C18H27NO/c1-14-4-3-9-18(11-14,13-20)19-12-15-7-8-16-5-2-6-17(16)10-15/h7-8,10,14,19-20H,2-6,9,11-13H2,1H3. The highest BCUT2D eigenvalue weighted by atomic mass is 16.3. The first kappa shape index (κ1) is 14.1. The first-order valence-electron chi connectivity index (χ1n) is 8.17. The van der Waals surface area contributed by atoms with Gasteiger partial charge in [0.05, 0.1) is 6.61 Å². The molecule has 0 heterocycles. The molecule has 2 N–H and O–H groups in total. The number of hydrogen-bond donors (Lipinski definition) is 2. The summed E-state index contributed by atoms with van der Waals surface area (Å²) in [6, 6.07) is 6.93. The van der Waals surface area contributed by atoms with E-state index in [2.05, 4.69) is 30.4 Å². The van der Waals surface area contributed by atoms with Crippen molar-refractivity contribution >= 4 is 0 Å². The van der Waals surface area contributed by atoms with Crippen LogP contribution in [0.5, 0.6) is 0 Å². The smallest absolute Gasteiger partial charge is 0.0613 e. The first-order valence-corrected chi connectivity index (χ1v) is 8.17. The van der Waals surface area contributed by atoms with Crippen molar-refractivity contribution in [1.82, 2.24) is 5.32 Å². The molecular formula is C18H27NO. The SMILES string of the molecule is CC1CCCC(CO)(NCc2ccc3c(c2)CCC3)C1. The normalized spacial score (nSPS) is 29.4. The van der Waals surface area contributed by atoms with E-state index in [-0.39, 0.29) is 12.1 Å². The van der Waals surface area contributed by atoms with Gasteiger partial charge in [-0.1, -0.05) is 38.0 Å². The van der Waals surface area contributed by atoms with Gasteiger partial charge in [-0.3, -0.25) is 0 Å². The minimum atomic E-state index is -0.0450. The molecule has 0 bridgehead atoms. The zero-order valence-electron chi connectivity index (χ0n) is 12.6. The fourth-order valence-electron chi connectivity index (χ4n) is 4.04. The number of aliphatic hydroxyl groups excluding tert-OH is 1. The second kappa shape index (κ2) is 5.87. The molecule has 0 amide bonds. The van der Waals surface area contributed by atoms with Crippen molar-refractivity contribution in [1.29, 1.82) is 0 Å². The van der Waals surface area contributed by atoms with E-state index in [0.717, 1.165) is 25.3 Å². The summed E-state index contributed by atoms with van der Waals surface area (Å²) in [5.41, 5.74) is 4.41. The van der Waals surface area contributed by atoms with Crippen LogP contribution >= 0.6 is 0 Å². The molecule has 0 saturated heterocycles. The molecule has 2 unspecified atom stereocenters. The lowest BCUT2D eigenvalue weighted by Crippen LogP contribution is -2.51. The zero-order valence-corrected chi connectivity index (χ0v) is 12.6. The van der Waals surface area contributed by atoms with Crippen LogP contribution < -0.4 is 5.32 Å². The summed E-state index contributed by atoms with van der Waals surface area (Å²) >= 11 is 0. The lowest BCUT2D eigenvalue weighted by atomic mass is 9.76. The van der Waals surface area contributed by atoms with Gasteiger partial charge in [0.25, 0.3) is 0 Å². The van der Waals surface area contributed by atoms with Gasteiger partial charge in [-0.2, -0.15) is 0 Å². The second-order valence-corrected chi connectivity index (χ2v) is 6.95. The minimum Gasteiger partial charge on any atom is -0.394 e. The van der Waals surface area contributed by atoms with Crippen molar-refractivity contribution in [2.24, 2.45) is 5.92 Å². The number of benzene rings is 1. The molecular weight excluding hydrogens is 246 g/mol. The molecule has 2 heteroatoms. The molecule has 1 aromatic rings. The molecule has 0 radical (unpaired) electrons. The molecule has 110 valence electrons. The number of nitrogens with one attached hydrogen (secondary N) is 1. The van der Waals surface area contributed by atoms with Gasteiger partial charge >= 0.3 is 0 Å². The van der Waals surface area contributed by atoms with Crippen molar-refractivity contribution in [3.8, 4) is 0 Å². The molecule has 0 aromatic heterocycles. The van der Waals surface area contributed by atoms with Crippen molar-refractivity contribution in [3.63, 3.8) is 0 Å². The van der Waals surface area contributed by atoms with E-state index in [0.29, 0.717) is 0 Å². The van der Waals surface area contributed by atoms with Crippen LogP contribution in [0.25, 0.3) is 0 Å². The Morgan fingerprint density at radius 2 is 2.10 bits per heavy atom. The van der Waals surface area contributed by atoms with Crippen LogP contribution in [-0.4, -0.2) is 17.3 Å². The van der Waals surface area contributed by atoms with Crippen molar-refractivity contribution in [3.05, 3.63) is 34.9 Å². The Kier molecular flexibility index (Phi) is 4.13. The highest BCUT2D eigenvalue weighted by molar-refractivity contribution is 5.35. The van der Waals surface area contributed by atoms with Crippen LogP contribution in [0.15, 0.2) is 18.2 Å². The van der Waals surface area contributed by atoms with Crippen LogP contribution in [0.3, 0.4) is 0 Å². The van der Waals surface area contributed by atoms with Gasteiger partial charge in [0.15, 0.2) is 0 Å². The summed E-state index contributed by atoms with van der Waals surface area (Å²) in [4.78, 5) is 0. The Hall–Kier alpha value is -0.860. The van der Waals surface area contributed by atoms with Gasteiger partial charge < -0.3 is 10.4 Å². The van der Waals surface area contributed by atoms with Crippen LogP contribution in [0.2, 0.25) is 0 Å². The maximum atomic E-state index is 9.83. The molecule has 0 spiro atoms. The van der Waals surface area contributed by atoms with Gasteiger partial charge in [0.1, 0.15) is 0 Å². The first-order chi connectivity index (χ1) is 9.71. The molecule has 2 aliphatic carbocycles. The topological polar surface area (TPSA) is 32.3 Å². The third-order valence-electron chi connectivity index (χ3n) is 5.22. The van der Waals surface area contributed by atoms with E-state index in [1.807, 2.05) is 0 Å². The predicted octanol–water partition coefficient (Wildman–Crippen LogP) is 3.21. The van der Waals surface area contributed by atoms with Gasteiger partial charge in [0, 0.05) is 12.1 Å². The Balaban J connectivity index is 1.65. The fraction of sp³-hybridized carbons (Fsp3) is 0.667.